The van der Waals surface area contributed by atoms with Gasteiger partial charge >= 0.3 is 0 Å². The predicted octanol–water partition coefficient (Wildman–Crippen LogP) is 2.78. The van der Waals surface area contributed by atoms with Crippen LogP contribution in [-0.2, 0) is 6.54 Å². The van der Waals surface area contributed by atoms with Gasteiger partial charge in [0.05, 0.1) is 5.69 Å². The van der Waals surface area contributed by atoms with Crippen molar-refractivity contribution < 1.29 is 0 Å². The molecule has 17 heavy (non-hydrogen) atoms. The van der Waals surface area contributed by atoms with E-state index in [1.165, 1.54) is 12.8 Å². The van der Waals surface area contributed by atoms with E-state index in [-0.39, 0.29) is 0 Å². The summed E-state index contributed by atoms with van der Waals surface area (Å²) < 4.78 is 1.86. The summed E-state index contributed by atoms with van der Waals surface area (Å²) in [6, 6.07) is 8.52. The van der Waals surface area contributed by atoms with Crippen LogP contribution in [0.2, 0.25) is 5.02 Å². The van der Waals surface area contributed by atoms with Crippen LogP contribution in [0.4, 0.5) is 0 Å². The molecule has 0 bridgehead atoms. The first kappa shape index (κ1) is 10.8. The first-order valence-electron chi connectivity index (χ1n) is 5.85. The lowest BCUT2D eigenvalue weighted by molar-refractivity contribution is 0.681. The third-order valence-corrected chi connectivity index (χ3v) is 3.34. The molecule has 0 saturated heterocycles. The van der Waals surface area contributed by atoms with Gasteiger partial charge in [-0.2, -0.15) is 5.10 Å². The number of halogens is 1. The maximum absolute atomic E-state index is 6.27. The van der Waals surface area contributed by atoms with Crippen LogP contribution >= 0.6 is 11.6 Å². The molecule has 88 valence electrons. The Morgan fingerprint density at radius 1 is 1.35 bits per heavy atom. The van der Waals surface area contributed by atoms with Crippen LogP contribution in [0.15, 0.2) is 36.7 Å². The van der Waals surface area contributed by atoms with Crippen molar-refractivity contribution in [1.29, 1.82) is 0 Å². The standard InChI is InChI=1S/C13H14ClN3/c14-12-3-1-4-13(17-8-2-7-16-17)11(12)9-15-10-5-6-10/h1-4,7-8,10,15H,5-6,9H2. The maximum Gasteiger partial charge on any atom is 0.0705 e. The summed E-state index contributed by atoms with van der Waals surface area (Å²) in [5, 5.41) is 8.55. The number of rotatable bonds is 4. The number of benzene rings is 1. The minimum absolute atomic E-state index is 0.678. The summed E-state index contributed by atoms with van der Waals surface area (Å²) in [6.07, 6.45) is 6.27. The van der Waals surface area contributed by atoms with E-state index in [9.17, 15) is 0 Å². The third kappa shape index (κ3) is 2.35. The molecule has 0 spiro atoms. The van der Waals surface area contributed by atoms with E-state index < -0.39 is 0 Å². The van der Waals surface area contributed by atoms with E-state index >= 15 is 0 Å². The van der Waals surface area contributed by atoms with Crippen LogP contribution in [0.5, 0.6) is 0 Å². The van der Waals surface area contributed by atoms with Crippen molar-refractivity contribution in [3.05, 3.63) is 47.2 Å². The fraction of sp³-hybridized carbons (Fsp3) is 0.308. The van der Waals surface area contributed by atoms with Crippen molar-refractivity contribution >= 4 is 11.6 Å². The Balaban J connectivity index is 1.92. The highest BCUT2D eigenvalue weighted by atomic mass is 35.5. The van der Waals surface area contributed by atoms with E-state index in [0.29, 0.717) is 6.04 Å². The molecule has 0 atom stereocenters. The highest BCUT2D eigenvalue weighted by Crippen LogP contribution is 2.25. The summed E-state index contributed by atoms with van der Waals surface area (Å²) in [4.78, 5) is 0. The largest absolute Gasteiger partial charge is 0.310 e. The number of aromatic nitrogens is 2. The summed E-state index contributed by atoms with van der Waals surface area (Å²) in [5.74, 6) is 0. The average Bonchev–Trinajstić information content (AvgIpc) is 3.00. The zero-order valence-corrected chi connectivity index (χ0v) is 10.2. The monoisotopic (exact) mass is 247 g/mol. The second-order valence-corrected chi connectivity index (χ2v) is 4.75. The molecule has 3 nitrogen and oxygen atoms in total. The van der Waals surface area contributed by atoms with E-state index in [1.54, 1.807) is 6.20 Å². The lowest BCUT2D eigenvalue weighted by Gasteiger charge is -2.12. The molecule has 0 amide bonds. The summed E-state index contributed by atoms with van der Waals surface area (Å²) in [6.45, 7) is 0.805. The van der Waals surface area contributed by atoms with Crippen LogP contribution in [0.1, 0.15) is 18.4 Å². The minimum Gasteiger partial charge on any atom is -0.310 e. The van der Waals surface area contributed by atoms with Crippen molar-refractivity contribution in [3.8, 4) is 5.69 Å². The summed E-state index contributed by atoms with van der Waals surface area (Å²) in [5.41, 5.74) is 2.17. The normalized spacial score (nSPS) is 15.1. The molecule has 1 saturated carbocycles. The van der Waals surface area contributed by atoms with Crippen molar-refractivity contribution in [3.63, 3.8) is 0 Å². The Morgan fingerprint density at radius 3 is 2.94 bits per heavy atom. The molecular formula is C13H14ClN3. The number of nitrogens with zero attached hydrogens (tertiary/aromatic N) is 2. The molecule has 1 heterocycles. The van der Waals surface area contributed by atoms with Gasteiger partial charge in [0.2, 0.25) is 0 Å². The van der Waals surface area contributed by atoms with Crippen LogP contribution in [-0.4, -0.2) is 15.8 Å². The lowest BCUT2D eigenvalue weighted by atomic mass is 10.1. The second-order valence-electron chi connectivity index (χ2n) is 4.34. The fourth-order valence-electron chi connectivity index (χ4n) is 1.88. The topological polar surface area (TPSA) is 29.9 Å². The Bertz CT molecular complexity index is 503. The molecular weight excluding hydrogens is 234 g/mol. The van der Waals surface area contributed by atoms with Gasteiger partial charge < -0.3 is 5.32 Å². The zero-order valence-electron chi connectivity index (χ0n) is 9.44. The van der Waals surface area contributed by atoms with Gasteiger partial charge in [0.1, 0.15) is 0 Å². The van der Waals surface area contributed by atoms with Crippen molar-refractivity contribution in [2.45, 2.75) is 25.4 Å². The average molecular weight is 248 g/mol. The molecule has 1 aromatic heterocycles. The molecule has 0 aliphatic heterocycles. The van der Waals surface area contributed by atoms with E-state index in [4.69, 9.17) is 11.6 Å². The highest BCUT2D eigenvalue weighted by Gasteiger charge is 2.21. The van der Waals surface area contributed by atoms with Gasteiger partial charge in [-0.25, -0.2) is 4.68 Å². The molecule has 1 aliphatic rings. The van der Waals surface area contributed by atoms with Gasteiger partial charge in [-0.15, -0.1) is 0 Å². The Morgan fingerprint density at radius 2 is 2.24 bits per heavy atom. The van der Waals surface area contributed by atoms with E-state index in [1.807, 2.05) is 35.1 Å². The van der Waals surface area contributed by atoms with Crippen LogP contribution in [0.3, 0.4) is 0 Å². The van der Waals surface area contributed by atoms with Crippen LogP contribution in [0, 0.1) is 0 Å². The maximum atomic E-state index is 6.27. The van der Waals surface area contributed by atoms with Crippen LogP contribution in [0.25, 0.3) is 5.69 Å². The predicted molar refractivity (Wildman–Crippen MR) is 68.4 cm³/mol. The van der Waals surface area contributed by atoms with E-state index in [0.717, 1.165) is 22.8 Å². The molecule has 0 unspecified atom stereocenters. The molecule has 1 aliphatic carbocycles. The van der Waals surface area contributed by atoms with E-state index in [2.05, 4.69) is 10.4 Å². The Kier molecular flexibility index (Phi) is 2.87. The van der Waals surface area contributed by atoms with Gasteiger partial charge in [0.15, 0.2) is 0 Å². The molecule has 1 aromatic carbocycles. The number of nitrogens with one attached hydrogen (secondary N) is 1. The second kappa shape index (κ2) is 4.51. The van der Waals surface area contributed by atoms with Gasteiger partial charge in [0.25, 0.3) is 0 Å². The molecule has 2 aromatic rings. The van der Waals surface area contributed by atoms with Crippen molar-refractivity contribution in [2.24, 2.45) is 0 Å². The van der Waals surface area contributed by atoms with Gasteiger partial charge in [0, 0.05) is 35.6 Å². The van der Waals surface area contributed by atoms with Crippen molar-refractivity contribution in [2.75, 3.05) is 0 Å². The Labute approximate surface area is 105 Å². The molecule has 1 fully saturated rings. The molecule has 4 heteroatoms. The number of hydrogen-bond acceptors (Lipinski definition) is 2. The van der Waals surface area contributed by atoms with Crippen molar-refractivity contribution in [1.82, 2.24) is 15.1 Å². The Hall–Kier alpha value is -1.32. The molecule has 3 rings (SSSR count). The van der Waals surface area contributed by atoms with Crippen LogP contribution < -0.4 is 5.32 Å². The lowest BCUT2D eigenvalue weighted by Crippen LogP contribution is -2.17. The SMILES string of the molecule is Clc1cccc(-n2cccn2)c1CNC1CC1. The minimum atomic E-state index is 0.678. The molecule has 1 N–H and O–H groups in total. The van der Waals surface area contributed by atoms with Gasteiger partial charge in [-0.1, -0.05) is 17.7 Å². The first-order valence-corrected chi connectivity index (χ1v) is 6.23. The van der Waals surface area contributed by atoms with Gasteiger partial charge in [-0.3, -0.25) is 0 Å². The quantitative estimate of drug-likeness (QED) is 0.901. The summed E-state index contributed by atoms with van der Waals surface area (Å²) >= 11 is 6.27. The summed E-state index contributed by atoms with van der Waals surface area (Å²) in [7, 11) is 0. The highest BCUT2D eigenvalue weighted by molar-refractivity contribution is 6.31. The molecule has 0 radical (unpaired) electrons. The first-order chi connectivity index (χ1) is 8.34. The van der Waals surface area contributed by atoms with Gasteiger partial charge in [-0.05, 0) is 31.0 Å². The fourth-order valence-corrected chi connectivity index (χ4v) is 2.12. The smallest absolute Gasteiger partial charge is 0.0705 e. The number of hydrogen-bond donors (Lipinski definition) is 1. The third-order valence-electron chi connectivity index (χ3n) is 2.99. The zero-order chi connectivity index (χ0) is 11.7.